The van der Waals surface area contributed by atoms with Crippen LogP contribution in [0.4, 0.5) is 0 Å². The minimum absolute atomic E-state index is 0.0329. The van der Waals surface area contributed by atoms with Crippen LogP contribution in [0.15, 0.2) is 53.1 Å². The van der Waals surface area contributed by atoms with Gasteiger partial charge in [-0.25, -0.2) is 4.98 Å². The number of carbonyl (C=O) groups excluding carboxylic acids is 1. The normalized spacial score (nSPS) is 20.0. The summed E-state index contributed by atoms with van der Waals surface area (Å²) in [5.74, 6) is 1.40. The zero-order valence-electron chi connectivity index (χ0n) is 14.2. The van der Waals surface area contributed by atoms with Gasteiger partial charge < -0.3 is 14.5 Å². The van der Waals surface area contributed by atoms with Crippen LogP contribution in [0.5, 0.6) is 0 Å². The van der Waals surface area contributed by atoms with E-state index in [9.17, 15) is 4.79 Å². The van der Waals surface area contributed by atoms with Crippen molar-refractivity contribution in [1.29, 1.82) is 0 Å². The summed E-state index contributed by atoms with van der Waals surface area (Å²) in [7, 11) is 0. The van der Waals surface area contributed by atoms with Gasteiger partial charge in [-0.3, -0.25) is 9.89 Å². The summed E-state index contributed by atoms with van der Waals surface area (Å²) >= 11 is 0. The van der Waals surface area contributed by atoms with Gasteiger partial charge in [0.2, 0.25) is 11.7 Å². The summed E-state index contributed by atoms with van der Waals surface area (Å²) in [6.45, 7) is 0.961. The predicted molar refractivity (Wildman–Crippen MR) is 93.8 cm³/mol. The zero-order valence-corrected chi connectivity index (χ0v) is 14.2. The van der Waals surface area contributed by atoms with E-state index in [2.05, 4.69) is 20.5 Å². The van der Waals surface area contributed by atoms with Gasteiger partial charge in [0.1, 0.15) is 5.82 Å². The molecule has 1 aliphatic heterocycles. The first-order chi connectivity index (χ1) is 12.8. The molecule has 0 saturated carbocycles. The Bertz CT molecular complexity index is 845. The Balaban J connectivity index is 1.40. The monoisotopic (exact) mass is 352 g/mol. The van der Waals surface area contributed by atoms with E-state index in [4.69, 9.17) is 9.15 Å². The molecule has 0 spiro atoms. The smallest absolute Gasteiger partial charge is 0.226 e. The molecule has 134 valence electrons. The Labute approximate surface area is 150 Å². The van der Waals surface area contributed by atoms with Gasteiger partial charge in [-0.05, 0) is 30.5 Å². The Morgan fingerprint density at radius 3 is 2.92 bits per heavy atom. The van der Waals surface area contributed by atoms with Crippen molar-refractivity contribution >= 4 is 5.91 Å². The summed E-state index contributed by atoms with van der Waals surface area (Å²) < 4.78 is 11.2. The number of rotatable bonds is 5. The highest BCUT2D eigenvalue weighted by Gasteiger charge is 2.32. The zero-order chi connectivity index (χ0) is 17.8. The Hall–Kier alpha value is -2.93. The van der Waals surface area contributed by atoms with Gasteiger partial charge in [0.15, 0.2) is 5.76 Å². The standard InChI is InChI=1S/C19H20N4O3/c24-19(14-8-4-11-26-17(14)13-6-2-1-3-7-13)20-12-16-21-18(23-22-16)15-9-5-10-25-15/h1-3,5-7,9-10,14,17H,4,8,11-12H2,(H,20,24)(H,21,22,23). The van der Waals surface area contributed by atoms with Crippen molar-refractivity contribution in [3.8, 4) is 11.6 Å². The minimum atomic E-state index is -0.210. The van der Waals surface area contributed by atoms with E-state index in [1.807, 2.05) is 30.3 Å². The van der Waals surface area contributed by atoms with Crippen LogP contribution in [0.25, 0.3) is 11.6 Å². The first-order valence-corrected chi connectivity index (χ1v) is 8.70. The second-order valence-corrected chi connectivity index (χ2v) is 6.25. The van der Waals surface area contributed by atoms with Crippen LogP contribution in [0, 0.1) is 5.92 Å². The molecule has 26 heavy (non-hydrogen) atoms. The third-order valence-electron chi connectivity index (χ3n) is 4.49. The molecule has 0 bridgehead atoms. The second-order valence-electron chi connectivity index (χ2n) is 6.25. The van der Waals surface area contributed by atoms with E-state index in [-0.39, 0.29) is 24.5 Å². The van der Waals surface area contributed by atoms with Crippen molar-refractivity contribution in [3.63, 3.8) is 0 Å². The largest absolute Gasteiger partial charge is 0.461 e. The number of nitrogens with one attached hydrogen (secondary N) is 2. The number of H-pyrrole nitrogens is 1. The molecule has 0 radical (unpaired) electrons. The van der Waals surface area contributed by atoms with Crippen LogP contribution in [-0.4, -0.2) is 27.7 Å². The van der Waals surface area contributed by atoms with Crippen molar-refractivity contribution in [1.82, 2.24) is 20.5 Å². The maximum atomic E-state index is 12.7. The molecule has 1 amide bonds. The number of amides is 1. The van der Waals surface area contributed by atoms with E-state index < -0.39 is 0 Å². The molecule has 0 aliphatic carbocycles. The summed E-state index contributed by atoms with van der Waals surface area (Å²) in [5, 5.41) is 9.88. The van der Waals surface area contributed by atoms with Crippen LogP contribution in [0.2, 0.25) is 0 Å². The molecule has 1 aliphatic rings. The van der Waals surface area contributed by atoms with Gasteiger partial charge in [-0.2, -0.15) is 0 Å². The highest BCUT2D eigenvalue weighted by atomic mass is 16.5. The average Bonchev–Trinajstić information content (AvgIpc) is 3.38. The molecular formula is C19H20N4O3. The molecule has 3 aromatic rings. The van der Waals surface area contributed by atoms with Crippen molar-refractivity contribution < 1.29 is 13.9 Å². The minimum Gasteiger partial charge on any atom is -0.461 e. The molecule has 1 saturated heterocycles. The third kappa shape index (κ3) is 3.52. The first kappa shape index (κ1) is 16.5. The highest BCUT2D eigenvalue weighted by molar-refractivity contribution is 5.79. The van der Waals surface area contributed by atoms with E-state index in [0.717, 1.165) is 18.4 Å². The van der Waals surface area contributed by atoms with Gasteiger partial charge in [0, 0.05) is 6.61 Å². The van der Waals surface area contributed by atoms with E-state index in [0.29, 0.717) is 24.0 Å². The van der Waals surface area contributed by atoms with Crippen LogP contribution in [-0.2, 0) is 16.1 Å². The molecule has 2 N–H and O–H groups in total. The molecule has 1 fully saturated rings. The summed E-state index contributed by atoms with van der Waals surface area (Å²) in [5.41, 5.74) is 1.03. The number of aromatic nitrogens is 3. The Kier molecular flexibility index (Phi) is 4.79. The SMILES string of the molecule is O=C(NCc1nc(-c2ccco2)n[nH]1)C1CCCOC1c1ccccc1. The van der Waals surface area contributed by atoms with E-state index >= 15 is 0 Å². The third-order valence-corrected chi connectivity index (χ3v) is 4.49. The van der Waals surface area contributed by atoms with Crippen LogP contribution >= 0.6 is 0 Å². The average molecular weight is 352 g/mol. The fourth-order valence-electron chi connectivity index (χ4n) is 3.21. The second kappa shape index (κ2) is 7.53. The van der Waals surface area contributed by atoms with Crippen molar-refractivity contribution in [2.24, 2.45) is 5.92 Å². The van der Waals surface area contributed by atoms with E-state index in [1.165, 1.54) is 0 Å². The van der Waals surface area contributed by atoms with Gasteiger partial charge in [-0.15, -0.1) is 5.10 Å². The van der Waals surface area contributed by atoms with Gasteiger partial charge in [0.05, 0.1) is 24.8 Å². The number of ether oxygens (including phenoxy) is 1. The molecular weight excluding hydrogens is 332 g/mol. The quantitative estimate of drug-likeness (QED) is 0.736. The van der Waals surface area contributed by atoms with Crippen molar-refractivity contribution in [2.75, 3.05) is 6.61 Å². The highest BCUT2D eigenvalue weighted by Crippen LogP contribution is 2.33. The Morgan fingerprint density at radius 1 is 1.23 bits per heavy atom. The van der Waals surface area contributed by atoms with Gasteiger partial charge >= 0.3 is 0 Å². The van der Waals surface area contributed by atoms with Crippen molar-refractivity contribution in [3.05, 3.63) is 60.1 Å². The molecule has 4 rings (SSSR count). The molecule has 2 unspecified atom stereocenters. The number of furan rings is 1. The molecule has 7 heteroatoms. The summed E-state index contributed by atoms with van der Waals surface area (Å²) in [6, 6.07) is 13.5. The topological polar surface area (TPSA) is 93.0 Å². The lowest BCUT2D eigenvalue weighted by molar-refractivity contribution is -0.134. The number of carbonyl (C=O) groups is 1. The lowest BCUT2D eigenvalue weighted by Gasteiger charge is -2.31. The van der Waals surface area contributed by atoms with Crippen LogP contribution < -0.4 is 5.32 Å². The molecule has 7 nitrogen and oxygen atoms in total. The molecule has 2 aromatic heterocycles. The number of benzene rings is 1. The number of hydrogen-bond acceptors (Lipinski definition) is 5. The lowest BCUT2D eigenvalue weighted by Crippen LogP contribution is -2.37. The number of aromatic amines is 1. The van der Waals surface area contributed by atoms with Crippen LogP contribution in [0.3, 0.4) is 0 Å². The van der Waals surface area contributed by atoms with Gasteiger partial charge in [0.25, 0.3) is 0 Å². The predicted octanol–water partition coefficient (Wildman–Crippen LogP) is 2.85. The fourth-order valence-corrected chi connectivity index (χ4v) is 3.21. The summed E-state index contributed by atoms with van der Waals surface area (Å²) in [4.78, 5) is 17.1. The lowest BCUT2D eigenvalue weighted by atomic mass is 9.89. The molecule has 2 atom stereocenters. The molecule has 1 aromatic carbocycles. The van der Waals surface area contributed by atoms with Gasteiger partial charge in [-0.1, -0.05) is 30.3 Å². The maximum absolute atomic E-state index is 12.7. The number of nitrogens with zero attached hydrogens (tertiary/aromatic N) is 2. The summed E-state index contributed by atoms with van der Waals surface area (Å²) in [6.07, 6.45) is 3.05. The van der Waals surface area contributed by atoms with Crippen LogP contribution in [0.1, 0.15) is 30.3 Å². The molecule has 3 heterocycles. The maximum Gasteiger partial charge on any atom is 0.226 e. The van der Waals surface area contributed by atoms with E-state index in [1.54, 1.807) is 18.4 Å². The first-order valence-electron chi connectivity index (χ1n) is 8.70. The van der Waals surface area contributed by atoms with Crippen molar-refractivity contribution in [2.45, 2.75) is 25.5 Å². The Morgan fingerprint density at radius 2 is 2.12 bits per heavy atom. The number of hydrogen-bond donors (Lipinski definition) is 2. The fraction of sp³-hybridized carbons (Fsp3) is 0.316.